The highest BCUT2D eigenvalue weighted by molar-refractivity contribution is 8.00. The van der Waals surface area contributed by atoms with Crippen LogP contribution < -0.4 is 5.32 Å². The number of hydrogen-bond acceptors (Lipinski definition) is 3. The van der Waals surface area contributed by atoms with Gasteiger partial charge in [-0.2, -0.15) is 0 Å². The molecule has 86 valence electrons. The van der Waals surface area contributed by atoms with Crippen molar-refractivity contribution in [2.75, 3.05) is 16.8 Å². The third-order valence-electron chi connectivity index (χ3n) is 1.84. The summed E-state index contributed by atoms with van der Waals surface area (Å²) in [5, 5.41) is 2.79. The molecule has 1 rings (SSSR count). The van der Waals surface area contributed by atoms with Crippen molar-refractivity contribution in [3.8, 4) is 0 Å². The van der Waals surface area contributed by atoms with E-state index >= 15 is 0 Å². The van der Waals surface area contributed by atoms with E-state index in [1.807, 2.05) is 31.2 Å². The average molecular weight is 237 g/mol. The number of aryl methyl sites for hydroxylation is 1. The molecular formula is C12H15NO2S. The van der Waals surface area contributed by atoms with Crippen molar-refractivity contribution in [1.29, 1.82) is 0 Å². The minimum absolute atomic E-state index is 0.0724. The molecular weight excluding hydrogens is 222 g/mol. The predicted octanol–water partition coefficient (Wildman–Crippen LogP) is 2.26. The van der Waals surface area contributed by atoms with Gasteiger partial charge in [-0.25, -0.2) is 0 Å². The van der Waals surface area contributed by atoms with Gasteiger partial charge in [-0.3, -0.25) is 9.59 Å². The van der Waals surface area contributed by atoms with Crippen LogP contribution in [0.1, 0.15) is 12.5 Å². The maximum absolute atomic E-state index is 11.5. The predicted molar refractivity (Wildman–Crippen MR) is 67.8 cm³/mol. The fourth-order valence-electron chi connectivity index (χ4n) is 1.21. The molecule has 0 bridgehead atoms. The first-order chi connectivity index (χ1) is 7.58. The molecule has 0 heterocycles. The van der Waals surface area contributed by atoms with Crippen molar-refractivity contribution >= 4 is 29.1 Å². The molecule has 16 heavy (non-hydrogen) atoms. The molecule has 1 aromatic rings. The summed E-state index contributed by atoms with van der Waals surface area (Å²) < 4.78 is 0. The lowest BCUT2D eigenvalue weighted by Crippen LogP contribution is -2.15. The number of anilines is 1. The minimum Gasteiger partial charge on any atom is -0.325 e. The summed E-state index contributed by atoms with van der Waals surface area (Å²) in [6.45, 7) is 3.49. The molecule has 0 aliphatic rings. The van der Waals surface area contributed by atoms with Gasteiger partial charge < -0.3 is 5.32 Å². The summed E-state index contributed by atoms with van der Waals surface area (Å²) in [6.07, 6.45) is 0. The zero-order chi connectivity index (χ0) is 12.0. The van der Waals surface area contributed by atoms with Crippen molar-refractivity contribution < 1.29 is 9.59 Å². The normalized spacial score (nSPS) is 9.88. The molecule has 0 unspecified atom stereocenters. The summed E-state index contributed by atoms with van der Waals surface area (Å²) in [4.78, 5) is 22.1. The fourth-order valence-corrected chi connectivity index (χ4v) is 1.85. The molecule has 1 N–H and O–H groups in total. The van der Waals surface area contributed by atoms with Gasteiger partial charge in [-0.05, 0) is 31.5 Å². The van der Waals surface area contributed by atoms with Gasteiger partial charge in [-0.1, -0.05) is 12.1 Å². The summed E-state index contributed by atoms with van der Waals surface area (Å²) in [7, 11) is 0. The van der Waals surface area contributed by atoms with Gasteiger partial charge in [0.2, 0.25) is 5.91 Å². The van der Waals surface area contributed by atoms with Crippen molar-refractivity contribution in [2.24, 2.45) is 0 Å². The number of hydrogen-bond donors (Lipinski definition) is 1. The largest absolute Gasteiger partial charge is 0.325 e. The van der Waals surface area contributed by atoms with Crippen LogP contribution >= 0.6 is 11.8 Å². The zero-order valence-electron chi connectivity index (χ0n) is 9.45. The van der Waals surface area contributed by atoms with E-state index in [2.05, 4.69) is 5.32 Å². The fraction of sp³-hybridized carbons (Fsp3) is 0.333. The molecule has 1 aromatic carbocycles. The molecule has 0 radical (unpaired) electrons. The molecule has 0 aromatic heterocycles. The minimum atomic E-state index is -0.0724. The van der Waals surface area contributed by atoms with Crippen molar-refractivity contribution in [3.05, 3.63) is 29.8 Å². The smallest absolute Gasteiger partial charge is 0.234 e. The number of thioether (sulfide) groups is 1. The number of carbonyl (C=O) groups excluding carboxylic acids is 2. The van der Waals surface area contributed by atoms with Crippen LogP contribution in [0.2, 0.25) is 0 Å². The summed E-state index contributed by atoms with van der Waals surface area (Å²) >= 11 is 1.33. The summed E-state index contributed by atoms with van der Waals surface area (Å²) in [6, 6.07) is 7.63. The Kier molecular flexibility index (Phi) is 5.05. The molecule has 0 aliphatic carbocycles. The van der Waals surface area contributed by atoms with Gasteiger partial charge in [0, 0.05) is 5.69 Å². The Labute approximate surface area is 99.6 Å². The lowest BCUT2D eigenvalue weighted by atomic mass is 10.2. The SMILES string of the molecule is CC(=O)CSCC(=O)Nc1cccc(C)c1. The highest BCUT2D eigenvalue weighted by atomic mass is 32.2. The van der Waals surface area contributed by atoms with Crippen molar-refractivity contribution in [3.63, 3.8) is 0 Å². The second-order valence-electron chi connectivity index (χ2n) is 3.61. The van der Waals surface area contributed by atoms with E-state index in [9.17, 15) is 9.59 Å². The third kappa shape index (κ3) is 4.98. The molecule has 0 spiro atoms. The van der Waals surface area contributed by atoms with Crippen LogP contribution in [0.5, 0.6) is 0 Å². The molecule has 4 heteroatoms. The molecule has 0 saturated heterocycles. The number of rotatable bonds is 5. The number of ketones is 1. The van der Waals surface area contributed by atoms with Crippen LogP contribution in [0, 0.1) is 6.92 Å². The Morgan fingerprint density at radius 2 is 2.06 bits per heavy atom. The van der Waals surface area contributed by atoms with E-state index in [1.165, 1.54) is 18.7 Å². The first kappa shape index (κ1) is 12.8. The van der Waals surface area contributed by atoms with Gasteiger partial charge in [0.05, 0.1) is 11.5 Å². The van der Waals surface area contributed by atoms with Crippen LogP contribution in [0.3, 0.4) is 0 Å². The van der Waals surface area contributed by atoms with E-state index in [4.69, 9.17) is 0 Å². The molecule has 0 aliphatic heterocycles. The molecule has 0 saturated carbocycles. The lowest BCUT2D eigenvalue weighted by molar-refractivity contribution is -0.114. The zero-order valence-corrected chi connectivity index (χ0v) is 10.3. The van der Waals surface area contributed by atoms with Crippen molar-refractivity contribution in [1.82, 2.24) is 0 Å². The standard InChI is InChI=1S/C12H15NO2S/c1-9-4-3-5-11(6-9)13-12(15)8-16-7-10(2)14/h3-6H,7-8H2,1-2H3,(H,13,15). The number of nitrogens with one attached hydrogen (secondary N) is 1. The topological polar surface area (TPSA) is 46.2 Å². The van der Waals surface area contributed by atoms with Gasteiger partial charge in [0.15, 0.2) is 0 Å². The Hall–Kier alpha value is -1.29. The molecule has 3 nitrogen and oxygen atoms in total. The van der Waals surface area contributed by atoms with Gasteiger partial charge in [0.1, 0.15) is 5.78 Å². The van der Waals surface area contributed by atoms with Crippen molar-refractivity contribution in [2.45, 2.75) is 13.8 Å². The van der Waals surface area contributed by atoms with E-state index in [0.29, 0.717) is 11.5 Å². The Morgan fingerprint density at radius 3 is 2.69 bits per heavy atom. The lowest BCUT2D eigenvalue weighted by Gasteiger charge is -2.05. The first-order valence-corrected chi connectivity index (χ1v) is 6.17. The Morgan fingerprint density at radius 1 is 1.31 bits per heavy atom. The number of carbonyl (C=O) groups is 2. The second-order valence-corrected chi connectivity index (χ2v) is 4.60. The number of benzene rings is 1. The quantitative estimate of drug-likeness (QED) is 0.854. The summed E-state index contributed by atoms with van der Waals surface area (Å²) in [5.74, 6) is 0.722. The maximum Gasteiger partial charge on any atom is 0.234 e. The van der Waals surface area contributed by atoms with Gasteiger partial charge in [0.25, 0.3) is 0 Å². The van der Waals surface area contributed by atoms with Crippen LogP contribution in [-0.2, 0) is 9.59 Å². The Bertz CT molecular complexity index is 390. The first-order valence-electron chi connectivity index (χ1n) is 5.01. The van der Waals surface area contributed by atoms with Gasteiger partial charge in [-0.15, -0.1) is 11.8 Å². The van der Waals surface area contributed by atoms with Crippen LogP contribution in [0.15, 0.2) is 24.3 Å². The molecule has 1 amide bonds. The van der Waals surface area contributed by atoms with E-state index < -0.39 is 0 Å². The molecule has 0 fully saturated rings. The monoisotopic (exact) mass is 237 g/mol. The van der Waals surface area contributed by atoms with E-state index in [1.54, 1.807) is 0 Å². The third-order valence-corrected chi connectivity index (χ3v) is 2.92. The highest BCUT2D eigenvalue weighted by Crippen LogP contribution is 2.10. The second kappa shape index (κ2) is 6.33. The number of amides is 1. The van der Waals surface area contributed by atoms with Crippen LogP contribution in [0.4, 0.5) is 5.69 Å². The number of Topliss-reactive ketones (excluding diaryl/α,β-unsaturated/α-hetero) is 1. The maximum atomic E-state index is 11.5. The van der Waals surface area contributed by atoms with Crippen LogP contribution in [-0.4, -0.2) is 23.2 Å². The average Bonchev–Trinajstić information content (AvgIpc) is 2.16. The highest BCUT2D eigenvalue weighted by Gasteiger charge is 2.03. The summed E-state index contributed by atoms with van der Waals surface area (Å²) in [5.41, 5.74) is 1.91. The van der Waals surface area contributed by atoms with E-state index in [0.717, 1.165) is 11.3 Å². The van der Waals surface area contributed by atoms with Crippen LogP contribution in [0.25, 0.3) is 0 Å². The van der Waals surface area contributed by atoms with Gasteiger partial charge >= 0.3 is 0 Å². The van der Waals surface area contributed by atoms with E-state index in [-0.39, 0.29) is 11.7 Å². The molecule has 0 atom stereocenters. The Balaban J connectivity index is 2.37.